The van der Waals surface area contributed by atoms with E-state index in [4.69, 9.17) is 9.47 Å². The summed E-state index contributed by atoms with van der Waals surface area (Å²) < 4.78 is 10.8. The predicted molar refractivity (Wildman–Crippen MR) is 78.3 cm³/mol. The van der Waals surface area contributed by atoms with Gasteiger partial charge in [0.25, 0.3) is 0 Å². The number of nitrogens with one attached hydrogen (secondary N) is 1. The van der Waals surface area contributed by atoms with E-state index in [2.05, 4.69) is 5.32 Å². The molecule has 0 radical (unpaired) electrons. The average Bonchev–Trinajstić information content (AvgIpc) is 2.37. The number of benzene rings is 1. The van der Waals surface area contributed by atoms with Gasteiger partial charge in [-0.05, 0) is 37.8 Å². The molecule has 0 saturated heterocycles. The van der Waals surface area contributed by atoms with Crippen LogP contribution in [0.25, 0.3) is 0 Å². The van der Waals surface area contributed by atoms with E-state index in [1.54, 1.807) is 14.2 Å². The number of carbonyl (C=O) groups is 1. The minimum absolute atomic E-state index is 0.195. The van der Waals surface area contributed by atoms with Gasteiger partial charge in [-0.3, -0.25) is 4.79 Å². The second kappa shape index (κ2) is 6.64. The molecule has 0 unspecified atom stereocenters. The van der Waals surface area contributed by atoms with Gasteiger partial charge in [-0.25, -0.2) is 0 Å². The Hall–Kier alpha value is -1.71. The van der Waals surface area contributed by atoms with Crippen molar-refractivity contribution in [2.45, 2.75) is 32.6 Å². The lowest BCUT2D eigenvalue weighted by atomic mass is 9.85. The van der Waals surface area contributed by atoms with Crippen LogP contribution in [0.3, 0.4) is 0 Å². The zero-order valence-electron chi connectivity index (χ0n) is 12.5. The van der Waals surface area contributed by atoms with Gasteiger partial charge in [0.2, 0.25) is 5.91 Å². The highest BCUT2D eigenvalue weighted by molar-refractivity contribution is 5.79. The lowest BCUT2D eigenvalue weighted by Crippen LogP contribution is -2.35. The minimum Gasteiger partial charge on any atom is -0.496 e. The monoisotopic (exact) mass is 277 g/mol. The van der Waals surface area contributed by atoms with Gasteiger partial charge in [-0.2, -0.15) is 0 Å². The SMILES string of the molecule is COc1ccc(CCNC(=O)C2CCC2)c(OC)c1C. The van der Waals surface area contributed by atoms with E-state index in [-0.39, 0.29) is 11.8 Å². The lowest BCUT2D eigenvalue weighted by Gasteiger charge is -2.24. The Morgan fingerprint density at radius 2 is 2.05 bits per heavy atom. The van der Waals surface area contributed by atoms with Gasteiger partial charge < -0.3 is 14.8 Å². The number of rotatable bonds is 6. The van der Waals surface area contributed by atoms with Crippen molar-refractivity contribution in [2.24, 2.45) is 5.92 Å². The molecule has 1 aliphatic carbocycles. The van der Waals surface area contributed by atoms with Crippen LogP contribution in [0, 0.1) is 12.8 Å². The quantitative estimate of drug-likeness (QED) is 0.869. The van der Waals surface area contributed by atoms with Crippen LogP contribution in [0.4, 0.5) is 0 Å². The molecule has 4 heteroatoms. The summed E-state index contributed by atoms with van der Waals surface area (Å²) in [5.74, 6) is 2.11. The summed E-state index contributed by atoms with van der Waals surface area (Å²) in [7, 11) is 3.32. The van der Waals surface area contributed by atoms with Crippen LogP contribution in [0.1, 0.15) is 30.4 Å². The van der Waals surface area contributed by atoms with Crippen LogP contribution in [0.15, 0.2) is 12.1 Å². The molecule has 110 valence electrons. The molecular weight excluding hydrogens is 254 g/mol. The molecule has 1 aromatic rings. The fourth-order valence-electron chi connectivity index (χ4n) is 2.57. The lowest BCUT2D eigenvalue weighted by molar-refractivity contribution is -0.127. The molecule has 1 amide bonds. The van der Waals surface area contributed by atoms with Gasteiger partial charge in [0.15, 0.2) is 0 Å². The van der Waals surface area contributed by atoms with E-state index in [0.717, 1.165) is 41.9 Å². The van der Waals surface area contributed by atoms with Crippen molar-refractivity contribution in [3.8, 4) is 11.5 Å². The molecule has 4 nitrogen and oxygen atoms in total. The number of methoxy groups -OCH3 is 2. The zero-order chi connectivity index (χ0) is 14.5. The molecule has 0 bridgehead atoms. The maximum absolute atomic E-state index is 11.8. The van der Waals surface area contributed by atoms with Crippen LogP contribution < -0.4 is 14.8 Å². The van der Waals surface area contributed by atoms with E-state index in [9.17, 15) is 4.79 Å². The molecule has 2 rings (SSSR count). The van der Waals surface area contributed by atoms with Gasteiger partial charge in [0.05, 0.1) is 14.2 Å². The van der Waals surface area contributed by atoms with Crippen molar-refractivity contribution >= 4 is 5.91 Å². The summed E-state index contributed by atoms with van der Waals surface area (Å²) >= 11 is 0. The van der Waals surface area contributed by atoms with E-state index in [1.165, 1.54) is 6.42 Å². The molecule has 1 aliphatic rings. The van der Waals surface area contributed by atoms with Crippen molar-refractivity contribution in [3.63, 3.8) is 0 Å². The fourth-order valence-corrected chi connectivity index (χ4v) is 2.57. The van der Waals surface area contributed by atoms with Gasteiger partial charge in [-0.15, -0.1) is 0 Å². The second-order valence-electron chi connectivity index (χ2n) is 5.25. The molecule has 0 atom stereocenters. The van der Waals surface area contributed by atoms with E-state index in [1.807, 2.05) is 19.1 Å². The highest BCUT2D eigenvalue weighted by Crippen LogP contribution is 2.31. The maximum atomic E-state index is 11.8. The third-order valence-corrected chi connectivity index (χ3v) is 4.03. The van der Waals surface area contributed by atoms with Gasteiger partial charge >= 0.3 is 0 Å². The van der Waals surface area contributed by atoms with Crippen molar-refractivity contribution in [2.75, 3.05) is 20.8 Å². The highest BCUT2D eigenvalue weighted by Gasteiger charge is 2.24. The largest absolute Gasteiger partial charge is 0.496 e. The zero-order valence-corrected chi connectivity index (χ0v) is 12.5. The third kappa shape index (κ3) is 3.06. The first-order chi connectivity index (χ1) is 9.67. The molecule has 1 N–H and O–H groups in total. The van der Waals surface area contributed by atoms with Crippen LogP contribution >= 0.6 is 0 Å². The Labute approximate surface area is 120 Å². The molecule has 1 aromatic carbocycles. The van der Waals surface area contributed by atoms with Crippen LogP contribution in [-0.2, 0) is 11.2 Å². The molecule has 1 saturated carbocycles. The molecule has 0 aliphatic heterocycles. The first-order valence-corrected chi connectivity index (χ1v) is 7.15. The molecule has 0 heterocycles. The van der Waals surface area contributed by atoms with Gasteiger partial charge in [0, 0.05) is 18.0 Å². The summed E-state index contributed by atoms with van der Waals surface area (Å²) in [6, 6.07) is 3.95. The number of amides is 1. The van der Waals surface area contributed by atoms with Gasteiger partial charge in [0.1, 0.15) is 11.5 Å². The molecular formula is C16H23NO3. The first-order valence-electron chi connectivity index (χ1n) is 7.15. The Kier molecular flexibility index (Phi) is 4.88. The maximum Gasteiger partial charge on any atom is 0.223 e. The second-order valence-corrected chi connectivity index (χ2v) is 5.25. The summed E-state index contributed by atoms with van der Waals surface area (Å²) in [5, 5.41) is 3.01. The third-order valence-electron chi connectivity index (χ3n) is 4.03. The van der Waals surface area contributed by atoms with Crippen LogP contribution in [-0.4, -0.2) is 26.7 Å². The molecule has 1 fully saturated rings. The van der Waals surface area contributed by atoms with Crippen molar-refractivity contribution in [1.82, 2.24) is 5.32 Å². The summed E-state index contributed by atoms with van der Waals surface area (Å²) in [6.45, 7) is 2.63. The number of hydrogen-bond donors (Lipinski definition) is 1. The van der Waals surface area contributed by atoms with Gasteiger partial charge in [-0.1, -0.05) is 12.5 Å². The summed E-state index contributed by atoms with van der Waals surface area (Å²) in [4.78, 5) is 11.8. The summed E-state index contributed by atoms with van der Waals surface area (Å²) in [5.41, 5.74) is 2.09. The topological polar surface area (TPSA) is 47.6 Å². The van der Waals surface area contributed by atoms with Crippen LogP contribution in [0.5, 0.6) is 11.5 Å². The normalized spacial score (nSPS) is 14.6. The number of hydrogen-bond acceptors (Lipinski definition) is 3. The standard InChI is InChI=1S/C16H23NO3/c1-11-14(19-2)8-7-12(15(11)20-3)9-10-17-16(18)13-5-4-6-13/h7-8,13H,4-6,9-10H2,1-3H3,(H,17,18). The number of carbonyl (C=O) groups excluding carboxylic acids is 1. The van der Waals surface area contributed by atoms with E-state index >= 15 is 0 Å². The first kappa shape index (κ1) is 14.7. The molecule has 20 heavy (non-hydrogen) atoms. The van der Waals surface area contributed by atoms with Crippen LogP contribution in [0.2, 0.25) is 0 Å². The van der Waals surface area contributed by atoms with Crippen molar-refractivity contribution in [3.05, 3.63) is 23.3 Å². The predicted octanol–water partition coefficient (Wildman–Crippen LogP) is 2.47. The van der Waals surface area contributed by atoms with E-state index in [0.29, 0.717) is 6.54 Å². The molecule has 0 aromatic heterocycles. The van der Waals surface area contributed by atoms with Crippen molar-refractivity contribution in [1.29, 1.82) is 0 Å². The average molecular weight is 277 g/mol. The fraction of sp³-hybridized carbons (Fsp3) is 0.562. The Bertz CT molecular complexity index is 481. The van der Waals surface area contributed by atoms with E-state index < -0.39 is 0 Å². The Morgan fingerprint density at radius 1 is 1.30 bits per heavy atom. The molecule has 0 spiro atoms. The Morgan fingerprint density at radius 3 is 2.60 bits per heavy atom. The van der Waals surface area contributed by atoms with Crippen molar-refractivity contribution < 1.29 is 14.3 Å². The smallest absolute Gasteiger partial charge is 0.223 e. The summed E-state index contributed by atoms with van der Waals surface area (Å²) in [6.07, 6.45) is 4.03. The minimum atomic E-state index is 0.195. The highest BCUT2D eigenvalue weighted by atomic mass is 16.5. The number of ether oxygens (including phenoxy) is 2. The Balaban J connectivity index is 1.95.